The topological polar surface area (TPSA) is 77.4 Å². The van der Waals surface area contributed by atoms with Gasteiger partial charge in [-0.2, -0.15) is 0 Å². The normalized spacial score (nSPS) is 13.8. The molecule has 0 aliphatic heterocycles. The number of rotatable bonds is 7. The number of aromatic nitrogens is 1. The summed E-state index contributed by atoms with van der Waals surface area (Å²) in [6.07, 6.45) is 4.04. The van der Waals surface area contributed by atoms with Crippen molar-refractivity contribution in [3.63, 3.8) is 0 Å². The lowest BCUT2D eigenvalue weighted by Crippen LogP contribution is -2.41. The number of methoxy groups -OCH3 is 1. The maximum atomic E-state index is 13.4. The van der Waals surface area contributed by atoms with E-state index in [1.54, 1.807) is 13.2 Å². The molecule has 180 valence electrons. The molecule has 1 N–H and O–H groups in total. The molecule has 0 spiro atoms. The summed E-state index contributed by atoms with van der Waals surface area (Å²) in [5.41, 5.74) is -0.136. The number of nitrogens with one attached hydrogen (secondary N) is 1. The van der Waals surface area contributed by atoms with E-state index in [1.165, 1.54) is 22.0 Å². The summed E-state index contributed by atoms with van der Waals surface area (Å²) in [7, 11) is 1.59. The van der Waals surface area contributed by atoms with Crippen molar-refractivity contribution >= 4 is 46.0 Å². The first-order chi connectivity index (χ1) is 16.0. The third-order valence-corrected chi connectivity index (χ3v) is 6.74. The Bertz CT molecular complexity index is 1390. The Morgan fingerprint density at radius 3 is 2.53 bits per heavy atom. The highest BCUT2D eigenvalue weighted by molar-refractivity contribution is 7.07. The molecule has 0 aliphatic carbocycles. The van der Waals surface area contributed by atoms with Gasteiger partial charge in [-0.3, -0.25) is 19.0 Å². The number of nitrogens with zero attached hydrogens (tertiary/aromatic N) is 1. The van der Waals surface area contributed by atoms with E-state index in [0.717, 1.165) is 22.8 Å². The van der Waals surface area contributed by atoms with Gasteiger partial charge in [0, 0.05) is 23.1 Å². The minimum absolute atomic E-state index is 0.00329. The van der Waals surface area contributed by atoms with Gasteiger partial charge in [0.1, 0.15) is 17.0 Å². The fourth-order valence-electron chi connectivity index (χ4n) is 3.42. The van der Waals surface area contributed by atoms with Gasteiger partial charge in [-0.15, -0.1) is 11.3 Å². The van der Waals surface area contributed by atoms with Crippen molar-refractivity contribution < 1.29 is 14.3 Å². The van der Waals surface area contributed by atoms with Crippen LogP contribution < -0.4 is 24.8 Å². The molecule has 0 aliphatic rings. The maximum absolute atomic E-state index is 13.4. The Morgan fingerprint density at radius 1 is 1.18 bits per heavy atom. The molecule has 0 saturated heterocycles. The van der Waals surface area contributed by atoms with Crippen molar-refractivity contribution in [1.29, 1.82) is 0 Å². The van der Waals surface area contributed by atoms with E-state index in [2.05, 4.69) is 5.32 Å². The number of amides is 1. The van der Waals surface area contributed by atoms with Crippen LogP contribution in [0.5, 0.6) is 5.75 Å². The first-order valence-corrected chi connectivity index (χ1v) is 12.2. The van der Waals surface area contributed by atoms with Gasteiger partial charge >= 0.3 is 0 Å². The molecule has 1 atom stereocenters. The fraction of sp³-hybridized carbons (Fsp3) is 0.370. The minimum atomic E-state index is -0.605. The summed E-state index contributed by atoms with van der Waals surface area (Å²) in [4.78, 5) is 38.8. The third-order valence-electron chi connectivity index (χ3n) is 5.68. The number of hydrogen-bond acceptors (Lipinski definition) is 5. The van der Waals surface area contributed by atoms with E-state index in [0.29, 0.717) is 14.9 Å². The van der Waals surface area contributed by atoms with Crippen LogP contribution in [0.2, 0.25) is 0 Å². The number of fused-ring (bicyclic) bond motifs is 1. The summed E-state index contributed by atoms with van der Waals surface area (Å²) in [6.45, 7) is 9.22. The molecular weight excluding hydrogens is 448 g/mol. The zero-order valence-corrected chi connectivity index (χ0v) is 21.4. The molecule has 2 aromatic carbocycles. The SMILES string of the molecule is CCC(C)NC(=O)Cn1c(=O)/c(=C\c2c(OC)ccc3ccccc23)s/c1=C\C(=O)C(C)(C)C. The van der Waals surface area contributed by atoms with Gasteiger partial charge in [-0.1, -0.05) is 58.0 Å². The second-order valence-corrected chi connectivity index (χ2v) is 10.4. The van der Waals surface area contributed by atoms with E-state index in [4.69, 9.17) is 4.74 Å². The standard InChI is InChI=1S/C27H32N2O4S/c1-7-17(2)28-24(31)16-29-25(15-23(30)27(3,4)5)34-22(26(29)32)14-20-19-11-9-8-10-18(19)12-13-21(20)33-6/h8-15,17H,7,16H2,1-6H3,(H,28,31)/b22-14+,25-15-. The molecule has 0 radical (unpaired) electrons. The predicted octanol–water partition coefficient (Wildman–Crippen LogP) is 3.21. The molecule has 3 aromatic rings. The largest absolute Gasteiger partial charge is 0.496 e. The van der Waals surface area contributed by atoms with E-state index in [9.17, 15) is 14.4 Å². The van der Waals surface area contributed by atoms with Gasteiger partial charge < -0.3 is 10.1 Å². The molecule has 0 bridgehead atoms. The van der Waals surface area contributed by atoms with Crippen LogP contribution in [0.1, 0.15) is 46.6 Å². The van der Waals surface area contributed by atoms with Gasteiger partial charge in [0.05, 0.1) is 11.6 Å². The summed E-state index contributed by atoms with van der Waals surface area (Å²) in [5.74, 6) is 0.268. The Kier molecular flexibility index (Phi) is 7.77. The van der Waals surface area contributed by atoms with Gasteiger partial charge in [0.2, 0.25) is 5.91 Å². The second kappa shape index (κ2) is 10.4. The van der Waals surface area contributed by atoms with Crippen molar-refractivity contribution in [1.82, 2.24) is 9.88 Å². The summed E-state index contributed by atoms with van der Waals surface area (Å²) in [6, 6.07) is 11.7. The van der Waals surface area contributed by atoms with E-state index in [-0.39, 0.29) is 29.8 Å². The smallest absolute Gasteiger partial charge is 0.269 e. The number of ether oxygens (including phenoxy) is 1. The van der Waals surface area contributed by atoms with Crippen LogP contribution in [-0.2, 0) is 16.1 Å². The number of hydrogen-bond donors (Lipinski definition) is 1. The molecule has 1 unspecified atom stereocenters. The highest BCUT2D eigenvalue weighted by atomic mass is 32.1. The number of carbonyl (C=O) groups is 2. The Balaban J connectivity index is 2.24. The van der Waals surface area contributed by atoms with Gasteiger partial charge in [-0.25, -0.2) is 0 Å². The van der Waals surface area contributed by atoms with Crippen molar-refractivity contribution in [3.8, 4) is 5.75 Å². The number of Topliss-reactive ketones (excluding diaryl/α,β-unsaturated/α-hetero) is 1. The Labute approximate surface area is 203 Å². The third kappa shape index (κ3) is 5.65. The second-order valence-electron chi connectivity index (χ2n) is 9.38. The number of benzene rings is 2. The molecular formula is C27H32N2O4S. The van der Waals surface area contributed by atoms with Crippen LogP contribution in [0.15, 0.2) is 41.2 Å². The van der Waals surface area contributed by atoms with E-state index in [1.807, 2.05) is 71.0 Å². The summed E-state index contributed by atoms with van der Waals surface area (Å²) < 4.78 is 7.84. The van der Waals surface area contributed by atoms with Crippen molar-refractivity contribution in [3.05, 3.63) is 61.5 Å². The van der Waals surface area contributed by atoms with Crippen LogP contribution in [0, 0.1) is 5.41 Å². The van der Waals surface area contributed by atoms with E-state index >= 15 is 0 Å². The first-order valence-electron chi connectivity index (χ1n) is 11.4. The highest BCUT2D eigenvalue weighted by Gasteiger charge is 2.20. The van der Waals surface area contributed by atoms with Crippen molar-refractivity contribution in [2.75, 3.05) is 7.11 Å². The predicted molar refractivity (Wildman–Crippen MR) is 139 cm³/mol. The Morgan fingerprint density at radius 2 is 1.88 bits per heavy atom. The molecule has 0 saturated carbocycles. The lowest BCUT2D eigenvalue weighted by molar-refractivity contribution is -0.122. The average Bonchev–Trinajstić information content (AvgIpc) is 3.07. The van der Waals surface area contributed by atoms with Crippen molar-refractivity contribution in [2.45, 2.75) is 53.6 Å². The molecule has 0 fully saturated rings. The van der Waals surface area contributed by atoms with E-state index < -0.39 is 5.41 Å². The number of ketones is 1. The zero-order chi connectivity index (χ0) is 25.0. The monoisotopic (exact) mass is 480 g/mol. The summed E-state index contributed by atoms with van der Waals surface area (Å²) in [5, 5.41) is 4.87. The molecule has 6 nitrogen and oxygen atoms in total. The van der Waals surface area contributed by atoms with Gasteiger partial charge in [0.15, 0.2) is 5.78 Å². The molecule has 3 rings (SSSR count). The molecule has 1 heterocycles. The minimum Gasteiger partial charge on any atom is -0.496 e. The van der Waals surface area contributed by atoms with Gasteiger partial charge in [0.25, 0.3) is 5.56 Å². The molecule has 34 heavy (non-hydrogen) atoms. The van der Waals surface area contributed by atoms with Gasteiger partial charge in [-0.05, 0) is 36.3 Å². The van der Waals surface area contributed by atoms with Crippen LogP contribution in [0.25, 0.3) is 22.9 Å². The molecule has 1 aromatic heterocycles. The fourth-order valence-corrected chi connectivity index (χ4v) is 4.44. The lowest BCUT2D eigenvalue weighted by Gasteiger charge is -2.13. The van der Waals surface area contributed by atoms with Crippen LogP contribution in [-0.4, -0.2) is 29.4 Å². The highest BCUT2D eigenvalue weighted by Crippen LogP contribution is 2.28. The Hall–Kier alpha value is -3.19. The van der Waals surface area contributed by atoms with Crippen LogP contribution >= 0.6 is 11.3 Å². The van der Waals surface area contributed by atoms with Crippen molar-refractivity contribution in [2.24, 2.45) is 5.41 Å². The van der Waals surface area contributed by atoms with Crippen LogP contribution in [0.3, 0.4) is 0 Å². The van der Waals surface area contributed by atoms with Crippen LogP contribution in [0.4, 0.5) is 0 Å². The molecule has 1 amide bonds. The zero-order valence-electron chi connectivity index (χ0n) is 20.6. The number of thiazole rings is 1. The number of carbonyl (C=O) groups excluding carboxylic acids is 2. The summed E-state index contributed by atoms with van der Waals surface area (Å²) >= 11 is 1.20. The molecule has 7 heteroatoms. The quantitative estimate of drug-likeness (QED) is 0.563. The average molecular weight is 481 g/mol. The lowest BCUT2D eigenvalue weighted by atomic mass is 9.91. The first kappa shape index (κ1) is 25.4. The maximum Gasteiger partial charge on any atom is 0.269 e.